The van der Waals surface area contributed by atoms with Crippen molar-refractivity contribution in [1.82, 2.24) is 15.0 Å². The number of rotatable bonds is 2. The molecule has 0 N–H and O–H groups in total. The Hall–Kier alpha value is -3.57. The van der Waals surface area contributed by atoms with Gasteiger partial charge in [0.05, 0.1) is 40.3 Å². The average Bonchev–Trinajstić information content (AvgIpc) is 2.62. The summed E-state index contributed by atoms with van der Waals surface area (Å²) in [6.45, 7) is 0. The van der Waals surface area contributed by atoms with Crippen LogP contribution in [0.1, 0.15) is 11.1 Å². The summed E-state index contributed by atoms with van der Waals surface area (Å²) < 4.78 is 0. The molecule has 3 aromatic rings. The van der Waals surface area contributed by atoms with Gasteiger partial charge in [0.2, 0.25) is 0 Å². The molecule has 0 aliphatic carbocycles. The molecule has 0 saturated carbocycles. The summed E-state index contributed by atoms with van der Waals surface area (Å²) in [4.78, 5) is 12.7. The molecule has 0 aliphatic heterocycles. The molecule has 3 rings (SSSR count). The Bertz CT molecular complexity index is 872. The van der Waals surface area contributed by atoms with Gasteiger partial charge in [0.1, 0.15) is 6.33 Å². The van der Waals surface area contributed by atoms with Gasteiger partial charge in [-0.15, -0.1) is 0 Å². The lowest BCUT2D eigenvalue weighted by Crippen LogP contribution is -1.92. The predicted molar refractivity (Wildman–Crippen MR) is 80.1 cm³/mol. The van der Waals surface area contributed by atoms with E-state index < -0.39 is 0 Å². The van der Waals surface area contributed by atoms with Crippen LogP contribution in [-0.2, 0) is 0 Å². The van der Waals surface area contributed by atoms with Crippen molar-refractivity contribution < 1.29 is 0 Å². The van der Waals surface area contributed by atoms with Crippen molar-refractivity contribution in [3.05, 3.63) is 66.1 Å². The first-order valence-corrected chi connectivity index (χ1v) is 6.49. The molecule has 102 valence electrons. The third-order valence-electron chi connectivity index (χ3n) is 3.08. The van der Waals surface area contributed by atoms with Gasteiger partial charge in [-0.2, -0.15) is 10.5 Å². The number of benzene rings is 1. The molecule has 0 bridgehead atoms. The number of hydrogen-bond acceptors (Lipinski definition) is 5. The molecule has 0 spiro atoms. The molecular weight excluding hydrogens is 274 g/mol. The van der Waals surface area contributed by atoms with Gasteiger partial charge in [-0.3, -0.25) is 4.98 Å². The number of nitrogens with zero attached hydrogens (tertiary/aromatic N) is 5. The molecule has 0 saturated heterocycles. The van der Waals surface area contributed by atoms with Crippen LogP contribution in [-0.4, -0.2) is 15.0 Å². The van der Waals surface area contributed by atoms with Gasteiger partial charge < -0.3 is 0 Å². The highest BCUT2D eigenvalue weighted by Gasteiger charge is 2.07. The van der Waals surface area contributed by atoms with Crippen molar-refractivity contribution in [2.24, 2.45) is 0 Å². The minimum absolute atomic E-state index is 0.423. The van der Waals surface area contributed by atoms with Crippen molar-refractivity contribution in [3.63, 3.8) is 0 Å². The third-order valence-corrected chi connectivity index (χ3v) is 3.08. The van der Waals surface area contributed by atoms with E-state index in [0.29, 0.717) is 28.1 Å². The van der Waals surface area contributed by atoms with E-state index in [1.807, 2.05) is 18.2 Å². The first-order valence-electron chi connectivity index (χ1n) is 6.49. The highest BCUT2D eigenvalue weighted by molar-refractivity contribution is 5.68. The van der Waals surface area contributed by atoms with Crippen molar-refractivity contribution >= 4 is 0 Å². The molecule has 5 heteroatoms. The van der Waals surface area contributed by atoms with E-state index in [-0.39, 0.29) is 0 Å². The smallest absolute Gasteiger partial charge is 0.116 e. The highest BCUT2D eigenvalue weighted by atomic mass is 14.9. The van der Waals surface area contributed by atoms with Crippen molar-refractivity contribution in [2.45, 2.75) is 0 Å². The highest BCUT2D eigenvalue weighted by Crippen LogP contribution is 2.23. The normalized spacial score (nSPS) is 9.73. The molecule has 2 heterocycles. The number of pyridine rings is 1. The second-order valence-electron chi connectivity index (χ2n) is 4.53. The summed E-state index contributed by atoms with van der Waals surface area (Å²) in [5, 5.41) is 18.1. The van der Waals surface area contributed by atoms with Crippen molar-refractivity contribution in [3.8, 4) is 34.8 Å². The maximum absolute atomic E-state index is 9.06. The first-order chi connectivity index (χ1) is 10.8. The van der Waals surface area contributed by atoms with Crippen molar-refractivity contribution in [2.75, 3.05) is 0 Å². The van der Waals surface area contributed by atoms with Gasteiger partial charge in [-0.1, -0.05) is 6.07 Å². The van der Waals surface area contributed by atoms with Gasteiger partial charge in [0.15, 0.2) is 0 Å². The van der Waals surface area contributed by atoms with Crippen LogP contribution in [0.15, 0.2) is 55.0 Å². The minimum atomic E-state index is 0.423. The van der Waals surface area contributed by atoms with Gasteiger partial charge in [0.25, 0.3) is 0 Å². The largest absolute Gasteiger partial charge is 0.255 e. The van der Waals surface area contributed by atoms with E-state index in [2.05, 4.69) is 27.1 Å². The van der Waals surface area contributed by atoms with Crippen molar-refractivity contribution in [1.29, 1.82) is 10.5 Å². The van der Waals surface area contributed by atoms with E-state index in [4.69, 9.17) is 10.5 Å². The summed E-state index contributed by atoms with van der Waals surface area (Å²) in [5.74, 6) is 0. The second-order valence-corrected chi connectivity index (χ2v) is 4.53. The van der Waals surface area contributed by atoms with Crippen LogP contribution in [0.2, 0.25) is 0 Å². The fourth-order valence-corrected chi connectivity index (χ4v) is 2.07. The maximum Gasteiger partial charge on any atom is 0.116 e. The van der Waals surface area contributed by atoms with Crippen LogP contribution in [0.5, 0.6) is 0 Å². The van der Waals surface area contributed by atoms with Crippen LogP contribution < -0.4 is 0 Å². The molecule has 5 nitrogen and oxygen atoms in total. The SMILES string of the molecule is N#Cc1cc(C#N)cc(-c2cc(-c3ccccn3)ncn2)c1. The number of aromatic nitrogens is 3. The Balaban J connectivity index is 2.11. The van der Waals surface area contributed by atoms with E-state index in [1.165, 1.54) is 6.33 Å². The van der Waals surface area contributed by atoms with Gasteiger partial charge in [0, 0.05) is 11.8 Å². The quantitative estimate of drug-likeness (QED) is 0.721. The first kappa shape index (κ1) is 13.4. The standard InChI is InChI=1S/C17H9N5/c18-9-12-5-13(10-19)7-14(6-12)16-8-17(22-11-21-16)15-3-1-2-4-20-15/h1-8,11H. The fraction of sp³-hybridized carbons (Fsp3) is 0. The molecule has 0 fully saturated rings. The zero-order valence-electron chi connectivity index (χ0n) is 11.4. The summed E-state index contributed by atoms with van der Waals surface area (Å²) in [7, 11) is 0. The van der Waals surface area contributed by atoms with E-state index >= 15 is 0 Å². The number of hydrogen-bond donors (Lipinski definition) is 0. The molecular formula is C17H9N5. The van der Waals surface area contributed by atoms with Gasteiger partial charge in [-0.25, -0.2) is 9.97 Å². The molecule has 0 amide bonds. The Kier molecular flexibility index (Phi) is 3.55. The lowest BCUT2D eigenvalue weighted by Gasteiger charge is -2.05. The molecule has 22 heavy (non-hydrogen) atoms. The van der Waals surface area contributed by atoms with Gasteiger partial charge >= 0.3 is 0 Å². The zero-order chi connectivity index (χ0) is 15.4. The minimum Gasteiger partial charge on any atom is -0.255 e. The number of nitriles is 2. The molecule has 0 radical (unpaired) electrons. The Labute approximate surface area is 127 Å². The summed E-state index contributed by atoms with van der Waals surface area (Å²) >= 11 is 0. The topological polar surface area (TPSA) is 86.2 Å². The van der Waals surface area contributed by atoms with Crippen LogP contribution in [0.4, 0.5) is 0 Å². The van der Waals surface area contributed by atoms with Crippen LogP contribution in [0.25, 0.3) is 22.6 Å². The molecule has 0 unspecified atom stereocenters. The Morgan fingerprint density at radius 2 is 1.45 bits per heavy atom. The van der Waals surface area contributed by atoms with Gasteiger partial charge in [-0.05, 0) is 36.4 Å². The molecule has 2 aromatic heterocycles. The summed E-state index contributed by atoms with van der Waals surface area (Å²) in [6, 6.07) is 16.4. The molecule has 0 atom stereocenters. The Morgan fingerprint density at radius 1 is 0.727 bits per heavy atom. The summed E-state index contributed by atoms with van der Waals surface area (Å²) in [5.41, 5.74) is 3.62. The predicted octanol–water partition coefficient (Wildman–Crippen LogP) is 2.95. The van der Waals surface area contributed by atoms with E-state index in [0.717, 1.165) is 5.69 Å². The lowest BCUT2D eigenvalue weighted by molar-refractivity contribution is 1.15. The van der Waals surface area contributed by atoms with Crippen LogP contribution in [0.3, 0.4) is 0 Å². The lowest BCUT2D eigenvalue weighted by atomic mass is 10.0. The second kappa shape index (κ2) is 5.82. The van der Waals surface area contributed by atoms with E-state index in [1.54, 1.807) is 30.5 Å². The third kappa shape index (κ3) is 2.65. The summed E-state index contributed by atoms with van der Waals surface area (Å²) in [6.07, 6.45) is 3.14. The van der Waals surface area contributed by atoms with Crippen LogP contribution >= 0.6 is 0 Å². The maximum atomic E-state index is 9.06. The molecule has 0 aliphatic rings. The Morgan fingerprint density at radius 3 is 2.09 bits per heavy atom. The zero-order valence-corrected chi connectivity index (χ0v) is 11.4. The van der Waals surface area contributed by atoms with E-state index in [9.17, 15) is 0 Å². The monoisotopic (exact) mass is 283 g/mol. The molecule has 1 aromatic carbocycles. The van der Waals surface area contributed by atoms with Crippen LogP contribution in [0, 0.1) is 22.7 Å². The average molecular weight is 283 g/mol. The fourth-order valence-electron chi connectivity index (χ4n) is 2.07.